The minimum Gasteiger partial charge on any atom is -0.356 e. The number of benzene rings is 1. The molecule has 0 heterocycles. The van der Waals surface area contributed by atoms with Crippen LogP contribution in [0.5, 0.6) is 0 Å². The lowest BCUT2D eigenvalue weighted by atomic mass is 10.1. The molecule has 5 nitrogen and oxygen atoms in total. The van der Waals surface area contributed by atoms with Gasteiger partial charge in [-0.1, -0.05) is 30.3 Å². The number of nitrogens with two attached hydrogens (primary N) is 1. The molecule has 4 N–H and O–H groups in total. The van der Waals surface area contributed by atoms with Gasteiger partial charge in [-0.15, -0.1) is 0 Å². The molecule has 1 aromatic rings. The Bertz CT molecular complexity index is 406. The lowest BCUT2D eigenvalue weighted by Crippen LogP contribution is -2.43. The van der Waals surface area contributed by atoms with E-state index in [1.165, 1.54) is 0 Å². The summed E-state index contributed by atoms with van der Waals surface area (Å²) in [4.78, 5) is 22.9. The molecule has 0 spiro atoms. The van der Waals surface area contributed by atoms with Gasteiger partial charge in [-0.2, -0.15) is 0 Å². The van der Waals surface area contributed by atoms with Crippen molar-refractivity contribution in [3.05, 3.63) is 35.9 Å². The zero-order chi connectivity index (χ0) is 14.1. The molecule has 1 atom stereocenters. The average Bonchev–Trinajstić information content (AvgIpc) is 2.40. The van der Waals surface area contributed by atoms with Crippen LogP contribution in [-0.4, -0.2) is 30.9 Å². The van der Waals surface area contributed by atoms with Crippen molar-refractivity contribution in [1.82, 2.24) is 10.6 Å². The first-order valence-electron chi connectivity index (χ1n) is 6.47. The second-order valence-corrected chi connectivity index (χ2v) is 4.29. The van der Waals surface area contributed by atoms with Crippen LogP contribution in [0.4, 0.5) is 0 Å². The van der Waals surface area contributed by atoms with Gasteiger partial charge >= 0.3 is 0 Å². The molecule has 0 aliphatic rings. The first-order valence-corrected chi connectivity index (χ1v) is 6.47. The van der Waals surface area contributed by atoms with Gasteiger partial charge in [0.05, 0.1) is 6.04 Å². The standard InChI is InChI=1S/C14H21N3O2/c1-2-16-13(18)8-9-17-14(19)12(15)10-11-6-4-3-5-7-11/h3-7,12H,2,8-10,15H2,1H3,(H,16,18)(H,17,19)/t12-/m0/s1. The molecule has 0 aliphatic carbocycles. The quantitative estimate of drug-likeness (QED) is 0.657. The molecule has 0 aromatic heterocycles. The fourth-order valence-electron chi connectivity index (χ4n) is 1.68. The SMILES string of the molecule is CCNC(=O)CCNC(=O)[C@@H](N)Cc1ccccc1. The number of hydrogen-bond acceptors (Lipinski definition) is 3. The van der Waals surface area contributed by atoms with Crippen LogP contribution in [0.3, 0.4) is 0 Å². The van der Waals surface area contributed by atoms with Crippen LogP contribution in [0.2, 0.25) is 0 Å². The van der Waals surface area contributed by atoms with Crippen LogP contribution in [-0.2, 0) is 16.0 Å². The number of nitrogens with one attached hydrogen (secondary N) is 2. The van der Waals surface area contributed by atoms with Crippen molar-refractivity contribution in [3.8, 4) is 0 Å². The van der Waals surface area contributed by atoms with Crippen molar-refractivity contribution in [1.29, 1.82) is 0 Å². The normalized spacial score (nSPS) is 11.7. The predicted molar refractivity (Wildman–Crippen MR) is 74.4 cm³/mol. The van der Waals surface area contributed by atoms with Gasteiger partial charge in [0.25, 0.3) is 0 Å². The van der Waals surface area contributed by atoms with Gasteiger partial charge in [0.1, 0.15) is 0 Å². The summed E-state index contributed by atoms with van der Waals surface area (Å²) in [6, 6.07) is 9.02. The number of hydrogen-bond donors (Lipinski definition) is 3. The zero-order valence-corrected chi connectivity index (χ0v) is 11.2. The maximum absolute atomic E-state index is 11.7. The Balaban J connectivity index is 2.27. The molecule has 5 heteroatoms. The Morgan fingerprint density at radius 2 is 1.89 bits per heavy atom. The van der Waals surface area contributed by atoms with Gasteiger partial charge in [-0.25, -0.2) is 0 Å². The van der Waals surface area contributed by atoms with Gasteiger partial charge in [0, 0.05) is 19.5 Å². The lowest BCUT2D eigenvalue weighted by molar-refractivity contribution is -0.123. The minimum absolute atomic E-state index is 0.0700. The third-order valence-electron chi connectivity index (χ3n) is 2.66. The number of carbonyl (C=O) groups excluding carboxylic acids is 2. The second-order valence-electron chi connectivity index (χ2n) is 4.29. The third-order valence-corrected chi connectivity index (χ3v) is 2.66. The highest BCUT2D eigenvalue weighted by molar-refractivity contribution is 5.82. The number of amides is 2. The smallest absolute Gasteiger partial charge is 0.237 e. The molecule has 0 aliphatic heterocycles. The van der Waals surface area contributed by atoms with Gasteiger partial charge in [0.2, 0.25) is 11.8 Å². The molecule has 1 rings (SSSR count). The average molecular weight is 263 g/mol. The highest BCUT2D eigenvalue weighted by Crippen LogP contribution is 2.01. The molecule has 2 amide bonds. The molecular formula is C14H21N3O2. The van der Waals surface area contributed by atoms with Crippen LogP contribution in [0.1, 0.15) is 18.9 Å². The van der Waals surface area contributed by atoms with Crippen molar-refractivity contribution in [3.63, 3.8) is 0 Å². The lowest BCUT2D eigenvalue weighted by Gasteiger charge is -2.12. The van der Waals surface area contributed by atoms with Crippen molar-refractivity contribution < 1.29 is 9.59 Å². The summed E-state index contributed by atoms with van der Waals surface area (Å²) in [7, 11) is 0. The van der Waals surface area contributed by atoms with Crippen molar-refractivity contribution in [2.75, 3.05) is 13.1 Å². The second kappa shape index (κ2) is 8.26. The fourth-order valence-corrected chi connectivity index (χ4v) is 1.68. The van der Waals surface area contributed by atoms with E-state index in [4.69, 9.17) is 5.73 Å². The molecule has 0 saturated carbocycles. The van der Waals surface area contributed by atoms with Crippen LogP contribution >= 0.6 is 0 Å². The van der Waals surface area contributed by atoms with Crippen LogP contribution in [0.25, 0.3) is 0 Å². The zero-order valence-electron chi connectivity index (χ0n) is 11.2. The summed E-state index contributed by atoms with van der Waals surface area (Å²) in [5.41, 5.74) is 6.83. The van der Waals surface area contributed by atoms with Crippen LogP contribution in [0, 0.1) is 0 Å². The summed E-state index contributed by atoms with van der Waals surface area (Å²) in [5, 5.41) is 5.33. The summed E-state index contributed by atoms with van der Waals surface area (Å²) >= 11 is 0. The minimum atomic E-state index is -0.586. The predicted octanol–water partition coefficient (Wildman–Crippen LogP) is 0.199. The maximum Gasteiger partial charge on any atom is 0.237 e. The van der Waals surface area contributed by atoms with Gasteiger partial charge in [-0.05, 0) is 18.9 Å². The Morgan fingerprint density at radius 3 is 2.53 bits per heavy atom. The summed E-state index contributed by atoms with van der Waals surface area (Å²) in [6.07, 6.45) is 0.769. The monoisotopic (exact) mass is 263 g/mol. The molecule has 104 valence electrons. The van der Waals surface area contributed by atoms with Crippen molar-refractivity contribution in [2.45, 2.75) is 25.8 Å². The van der Waals surface area contributed by atoms with Crippen LogP contribution in [0.15, 0.2) is 30.3 Å². The first kappa shape index (κ1) is 15.2. The topological polar surface area (TPSA) is 84.2 Å². The third kappa shape index (κ3) is 6.01. The molecular weight excluding hydrogens is 242 g/mol. The van der Waals surface area contributed by atoms with E-state index >= 15 is 0 Å². The molecule has 19 heavy (non-hydrogen) atoms. The number of rotatable bonds is 7. The Kier molecular flexibility index (Phi) is 6.60. The van der Waals surface area contributed by atoms with Gasteiger partial charge in [0.15, 0.2) is 0 Å². The fraction of sp³-hybridized carbons (Fsp3) is 0.429. The van der Waals surface area contributed by atoms with E-state index in [0.29, 0.717) is 19.5 Å². The van der Waals surface area contributed by atoms with E-state index in [0.717, 1.165) is 5.56 Å². The van der Waals surface area contributed by atoms with Gasteiger partial charge in [-0.3, -0.25) is 9.59 Å². The molecule has 0 unspecified atom stereocenters. The van der Waals surface area contributed by atoms with Gasteiger partial charge < -0.3 is 16.4 Å². The maximum atomic E-state index is 11.7. The summed E-state index contributed by atoms with van der Waals surface area (Å²) in [6.45, 7) is 2.76. The van der Waals surface area contributed by atoms with E-state index in [2.05, 4.69) is 10.6 Å². The highest BCUT2D eigenvalue weighted by Gasteiger charge is 2.13. The Morgan fingerprint density at radius 1 is 1.21 bits per heavy atom. The molecule has 0 fully saturated rings. The molecule has 0 radical (unpaired) electrons. The van der Waals surface area contributed by atoms with E-state index in [1.54, 1.807) is 0 Å². The van der Waals surface area contributed by atoms with Crippen molar-refractivity contribution >= 4 is 11.8 Å². The van der Waals surface area contributed by atoms with E-state index in [-0.39, 0.29) is 18.2 Å². The molecule has 0 bridgehead atoms. The van der Waals surface area contributed by atoms with Crippen LogP contribution < -0.4 is 16.4 Å². The summed E-state index contributed by atoms with van der Waals surface area (Å²) in [5.74, 6) is -0.299. The molecule has 1 aromatic carbocycles. The van der Waals surface area contributed by atoms with Crippen molar-refractivity contribution in [2.24, 2.45) is 5.73 Å². The first-order chi connectivity index (χ1) is 9.13. The number of carbonyl (C=O) groups is 2. The molecule has 0 saturated heterocycles. The Labute approximate surface area is 113 Å². The largest absolute Gasteiger partial charge is 0.356 e. The van der Waals surface area contributed by atoms with E-state index < -0.39 is 6.04 Å². The highest BCUT2D eigenvalue weighted by atomic mass is 16.2. The Hall–Kier alpha value is -1.88. The summed E-state index contributed by atoms with van der Waals surface area (Å²) < 4.78 is 0. The van der Waals surface area contributed by atoms with E-state index in [1.807, 2.05) is 37.3 Å². The van der Waals surface area contributed by atoms with E-state index in [9.17, 15) is 9.59 Å².